The fourth-order valence-electron chi connectivity index (χ4n) is 1.47. The number of hydrogen-bond donors (Lipinski definition) is 2. The molecule has 0 fully saturated rings. The van der Waals surface area contributed by atoms with Gasteiger partial charge in [0.25, 0.3) is 0 Å². The fraction of sp³-hybridized carbons (Fsp3) is 0.455. The van der Waals surface area contributed by atoms with Crippen molar-refractivity contribution < 1.29 is 9.72 Å². The summed E-state index contributed by atoms with van der Waals surface area (Å²) in [6, 6.07) is 2.19. The summed E-state index contributed by atoms with van der Waals surface area (Å²) in [4.78, 5) is 27.2. The zero-order valence-electron chi connectivity index (χ0n) is 11.1. The van der Waals surface area contributed by atoms with E-state index < -0.39 is 11.0 Å². The van der Waals surface area contributed by atoms with Crippen LogP contribution in [-0.4, -0.2) is 40.3 Å². The number of nitrogen functional groups attached to an aromatic ring is 1. The summed E-state index contributed by atoms with van der Waals surface area (Å²) in [7, 11) is 1.69. The van der Waals surface area contributed by atoms with Crippen LogP contribution in [0.25, 0.3) is 0 Å². The van der Waals surface area contributed by atoms with Crippen LogP contribution in [0.15, 0.2) is 12.1 Å². The minimum Gasteiger partial charge on any atom is -0.378 e. The van der Waals surface area contributed by atoms with Crippen LogP contribution in [0, 0.1) is 10.1 Å². The highest BCUT2D eigenvalue weighted by Crippen LogP contribution is 2.21. The van der Waals surface area contributed by atoms with Gasteiger partial charge < -0.3 is 16.0 Å². The molecule has 0 bridgehead atoms. The first kappa shape index (κ1) is 14.7. The molecule has 0 aromatic carbocycles. The predicted molar refractivity (Wildman–Crippen MR) is 71.7 cm³/mol. The number of nitrogens with two attached hydrogens (primary N) is 1. The topological polar surface area (TPSA) is 114 Å². The van der Waals surface area contributed by atoms with E-state index in [1.807, 2.05) is 6.92 Å². The van der Waals surface area contributed by atoms with E-state index >= 15 is 0 Å². The molecular formula is C11H17N5O3. The second kappa shape index (κ2) is 5.98. The number of amides is 1. The SMILES string of the molecule is CCN(C)C(=O)C(C)Nc1ccc([N+](=O)[O-])c(N)n1. The van der Waals surface area contributed by atoms with Gasteiger partial charge in [-0.25, -0.2) is 4.98 Å². The third-order valence-corrected chi connectivity index (χ3v) is 2.68. The number of carbonyl (C=O) groups is 1. The Balaban J connectivity index is 2.81. The second-order valence-corrected chi connectivity index (χ2v) is 4.08. The second-order valence-electron chi connectivity index (χ2n) is 4.08. The molecule has 0 radical (unpaired) electrons. The van der Waals surface area contributed by atoms with Gasteiger partial charge in [-0.3, -0.25) is 14.9 Å². The molecule has 8 nitrogen and oxygen atoms in total. The Morgan fingerprint density at radius 2 is 2.26 bits per heavy atom. The average Bonchev–Trinajstić information content (AvgIpc) is 2.36. The van der Waals surface area contributed by atoms with Crippen molar-refractivity contribution in [2.45, 2.75) is 19.9 Å². The van der Waals surface area contributed by atoms with E-state index in [0.29, 0.717) is 12.4 Å². The van der Waals surface area contributed by atoms with Gasteiger partial charge in [-0.15, -0.1) is 0 Å². The Labute approximate surface area is 110 Å². The number of rotatable bonds is 5. The van der Waals surface area contributed by atoms with E-state index in [9.17, 15) is 14.9 Å². The first-order chi connectivity index (χ1) is 8.86. The molecular weight excluding hydrogens is 250 g/mol. The Morgan fingerprint density at radius 3 is 2.74 bits per heavy atom. The van der Waals surface area contributed by atoms with Gasteiger partial charge in [0.15, 0.2) is 0 Å². The van der Waals surface area contributed by atoms with Crippen molar-refractivity contribution >= 4 is 23.2 Å². The highest BCUT2D eigenvalue weighted by Gasteiger charge is 2.18. The monoisotopic (exact) mass is 267 g/mol. The molecule has 1 aromatic rings. The first-order valence-electron chi connectivity index (χ1n) is 5.79. The Morgan fingerprint density at radius 1 is 1.63 bits per heavy atom. The summed E-state index contributed by atoms with van der Waals surface area (Å²) in [5.41, 5.74) is 5.22. The number of anilines is 2. The lowest BCUT2D eigenvalue weighted by atomic mass is 10.3. The highest BCUT2D eigenvalue weighted by atomic mass is 16.6. The van der Waals surface area contributed by atoms with E-state index in [4.69, 9.17) is 5.73 Å². The van der Waals surface area contributed by atoms with Crippen LogP contribution in [0.5, 0.6) is 0 Å². The van der Waals surface area contributed by atoms with Crippen molar-refractivity contribution in [2.24, 2.45) is 0 Å². The summed E-state index contributed by atoms with van der Waals surface area (Å²) < 4.78 is 0. The third-order valence-electron chi connectivity index (χ3n) is 2.68. The number of carbonyl (C=O) groups excluding carboxylic acids is 1. The molecule has 0 aliphatic rings. The lowest BCUT2D eigenvalue weighted by Gasteiger charge is -2.20. The highest BCUT2D eigenvalue weighted by molar-refractivity contribution is 5.83. The standard InChI is InChI=1S/C11H17N5O3/c1-4-15(3)11(17)7(2)13-9-6-5-8(16(18)19)10(12)14-9/h5-7H,4H2,1-3H3,(H3,12,13,14). The normalized spacial score (nSPS) is 11.7. The molecule has 1 unspecified atom stereocenters. The minimum absolute atomic E-state index is 0.0961. The Hall–Kier alpha value is -2.38. The van der Waals surface area contributed by atoms with Crippen LogP contribution in [0.2, 0.25) is 0 Å². The summed E-state index contributed by atoms with van der Waals surface area (Å²) in [6.45, 7) is 4.15. The molecule has 0 spiro atoms. The summed E-state index contributed by atoms with van der Waals surface area (Å²) >= 11 is 0. The van der Waals surface area contributed by atoms with Crippen molar-refractivity contribution in [1.82, 2.24) is 9.88 Å². The predicted octanol–water partition coefficient (Wildman–Crippen LogP) is 0.851. The van der Waals surface area contributed by atoms with Crippen LogP contribution in [0.4, 0.5) is 17.3 Å². The maximum absolute atomic E-state index is 11.8. The van der Waals surface area contributed by atoms with Gasteiger partial charge in [0.2, 0.25) is 11.7 Å². The largest absolute Gasteiger partial charge is 0.378 e. The third kappa shape index (κ3) is 3.54. The number of nitrogens with one attached hydrogen (secondary N) is 1. The smallest absolute Gasteiger partial charge is 0.311 e. The molecule has 1 rings (SSSR count). The lowest BCUT2D eigenvalue weighted by Crippen LogP contribution is -2.39. The van der Waals surface area contributed by atoms with E-state index in [1.165, 1.54) is 12.1 Å². The number of nitrogens with zero attached hydrogens (tertiary/aromatic N) is 3. The molecule has 0 aliphatic carbocycles. The molecule has 19 heavy (non-hydrogen) atoms. The van der Waals surface area contributed by atoms with Crippen molar-refractivity contribution in [1.29, 1.82) is 0 Å². The van der Waals surface area contributed by atoms with Gasteiger partial charge in [0.05, 0.1) is 4.92 Å². The molecule has 1 amide bonds. The number of pyridine rings is 1. The van der Waals surface area contributed by atoms with Gasteiger partial charge in [0.1, 0.15) is 11.9 Å². The van der Waals surface area contributed by atoms with Crippen LogP contribution in [-0.2, 0) is 4.79 Å². The van der Waals surface area contributed by atoms with E-state index in [2.05, 4.69) is 10.3 Å². The number of likely N-dealkylation sites (N-methyl/N-ethyl adjacent to an activating group) is 1. The molecule has 3 N–H and O–H groups in total. The maximum Gasteiger partial charge on any atom is 0.311 e. The van der Waals surface area contributed by atoms with Gasteiger partial charge >= 0.3 is 5.69 Å². The molecule has 104 valence electrons. The van der Waals surface area contributed by atoms with Crippen LogP contribution in [0.3, 0.4) is 0 Å². The van der Waals surface area contributed by atoms with E-state index in [0.717, 1.165) is 0 Å². The van der Waals surface area contributed by atoms with Crippen molar-refractivity contribution in [3.63, 3.8) is 0 Å². The first-order valence-corrected chi connectivity index (χ1v) is 5.79. The molecule has 0 aliphatic heterocycles. The summed E-state index contributed by atoms with van der Waals surface area (Å²) in [5.74, 6) is 0.0492. The summed E-state index contributed by atoms with van der Waals surface area (Å²) in [6.07, 6.45) is 0. The van der Waals surface area contributed by atoms with E-state index in [1.54, 1.807) is 18.9 Å². The molecule has 8 heteroatoms. The Bertz CT molecular complexity index is 491. The maximum atomic E-state index is 11.8. The van der Waals surface area contributed by atoms with Crippen LogP contribution in [0.1, 0.15) is 13.8 Å². The fourth-order valence-corrected chi connectivity index (χ4v) is 1.47. The van der Waals surface area contributed by atoms with E-state index in [-0.39, 0.29) is 17.4 Å². The van der Waals surface area contributed by atoms with Gasteiger partial charge in [-0.2, -0.15) is 0 Å². The zero-order valence-corrected chi connectivity index (χ0v) is 11.1. The van der Waals surface area contributed by atoms with Gasteiger partial charge in [-0.05, 0) is 19.9 Å². The van der Waals surface area contributed by atoms with Crippen LogP contribution < -0.4 is 11.1 Å². The lowest BCUT2D eigenvalue weighted by molar-refractivity contribution is -0.384. The average molecular weight is 267 g/mol. The molecule has 1 heterocycles. The van der Waals surface area contributed by atoms with Crippen molar-refractivity contribution in [2.75, 3.05) is 24.6 Å². The number of aromatic nitrogens is 1. The van der Waals surface area contributed by atoms with Gasteiger partial charge in [-0.1, -0.05) is 0 Å². The summed E-state index contributed by atoms with van der Waals surface area (Å²) in [5, 5.41) is 13.5. The van der Waals surface area contributed by atoms with Gasteiger partial charge in [0, 0.05) is 19.7 Å². The zero-order chi connectivity index (χ0) is 14.6. The number of nitro groups is 1. The quantitative estimate of drug-likeness (QED) is 0.603. The Kier molecular flexibility index (Phi) is 4.62. The van der Waals surface area contributed by atoms with Crippen molar-refractivity contribution in [3.05, 3.63) is 22.2 Å². The molecule has 1 atom stereocenters. The minimum atomic E-state index is -0.606. The molecule has 1 aromatic heterocycles. The molecule has 0 saturated carbocycles. The molecule has 0 saturated heterocycles. The number of hydrogen-bond acceptors (Lipinski definition) is 6. The van der Waals surface area contributed by atoms with Crippen molar-refractivity contribution in [3.8, 4) is 0 Å². The van der Waals surface area contributed by atoms with Crippen LogP contribution >= 0.6 is 0 Å².